The van der Waals surface area contributed by atoms with E-state index in [0.29, 0.717) is 0 Å². The molecule has 36 heavy (non-hydrogen) atoms. The van der Waals surface area contributed by atoms with E-state index in [1.165, 1.54) is 37.6 Å². The van der Waals surface area contributed by atoms with Gasteiger partial charge in [0.1, 0.15) is 11.9 Å². The Labute approximate surface area is 216 Å². The van der Waals surface area contributed by atoms with Crippen molar-refractivity contribution in [3.8, 4) is 27.3 Å². The summed E-state index contributed by atoms with van der Waals surface area (Å²) in [5.41, 5.74) is 7.26. The fourth-order valence-electron chi connectivity index (χ4n) is 4.81. The summed E-state index contributed by atoms with van der Waals surface area (Å²) in [6.07, 6.45) is 15.1. The van der Waals surface area contributed by atoms with Gasteiger partial charge in [0.15, 0.2) is 0 Å². The second-order valence-electron chi connectivity index (χ2n) is 8.97. The van der Waals surface area contributed by atoms with E-state index in [9.17, 15) is 0 Å². The van der Waals surface area contributed by atoms with Gasteiger partial charge in [0.25, 0.3) is 0 Å². The summed E-state index contributed by atoms with van der Waals surface area (Å²) in [5.74, 6) is 1.21. The maximum Gasteiger partial charge on any atom is 0.128 e. The van der Waals surface area contributed by atoms with E-state index >= 15 is 0 Å². The molecule has 0 bridgehead atoms. The molecule has 3 aromatic carbocycles. The standard InChI is InChI=1S/C34H26OS/c1-2-25(33-20-21-34(36-33)27-13-7-4-8-14-27)15-9-10-24-16-18-31-29(22-24)30-23-28(17-19-32(30)35-31)26-11-5-3-6-12-26/h2-23,29,31H,1H2. The Hall–Kier alpha value is -4.14. The zero-order valence-electron chi connectivity index (χ0n) is 19.9. The first-order valence-electron chi connectivity index (χ1n) is 12.2. The molecule has 6 rings (SSSR count). The minimum absolute atomic E-state index is 0.0602. The smallest absolute Gasteiger partial charge is 0.128 e. The van der Waals surface area contributed by atoms with E-state index in [0.717, 1.165) is 11.3 Å². The second-order valence-corrected chi connectivity index (χ2v) is 10.1. The lowest BCUT2D eigenvalue weighted by molar-refractivity contribution is 0.268. The molecule has 1 nitrogen and oxygen atoms in total. The Bertz CT molecular complexity index is 1520. The number of hydrogen-bond acceptors (Lipinski definition) is 2. The minimum atomic E-state index is 0.0602. The first-order chi connectivity index (χ1) is 17.8. The van der Waals surface area contributed by atoms with E-state index in [2.05, 4.69) is 128 Å². The predicted molar refractivity (Wildman–Crippen MR) is 153 cm³/mol. The lowest BCUT2D eigenvalue weighted by atomic mass is 9.87. The quantitative estimate of drug-likeness (QED) is 0.249. The lowest BCUT2D eigenvalue weighted by Crippen LogP contribution is -2.16. The number of benzene rings is 3. The van der Waals surface area contributed by atoms with Crippen LogP contribution in [0.3, 0.4) is 0 Å². The Balaban J connectivity index is 1.23. The third kappa shape index (κ3) is 4.44. The largest absolute Gasteiger partial charge is 0.485 e. The molecule has 1 aromatic heterocycles. The third-order valence-electron chi connectivity index (χ3n) is 6.68. The van der Waals surface area contributed by atoms with Gasteiger partial charge in [-0.2, -0.15) is 0 Å². The van der Waals surface area contributed by atoms with Crippen molar-refractivity contribution in [1.82, 2.24) is 0 Å². The highest BCUT2D eigenvalue weighted by Gasteiger charge is 2.33. The highest BCUT2D eigenvalue weighted by Crippen LogP contribution is 2.44. The molecular weight excluding hydrogens is 456 g/mol. The van der Waals surface area contributed by atoms with Crippen molar-refractivity contribution in [2.45, 2.75) is 12.0 Å². The molecule has 0 saturated heterocycles. The molecule has 0 N–H and O–H groups in total. The van der Waals surface area contributed by atoms with Crippen molar-refractivity contribution in [2.75, 3.05) is 0 Å². The first-order valence-corrected chi connectivity index (χ1v) is 13.0. The fourth-order valence-corrected chi connectivity index (χ4v) is 5.84. The SMILES string of the molecule is C=CC(=CC=CC1=CC2c3cc(-c4ccccc4)ccc3OC2C=C1)c1ccc(-c2ccccc2)s1. The normalized spacial score (nSPS) is 18.4. The van der Waals surface area contributed by atoms with E-state index < -0.39 is 0 Å². The van der Waals surface area contributed by atoms with Gasteiger partial charge < -0.3 is 4.74 Å². The lowest BCUT2D eigenvalue weighted by Gasteiger charge is -2.17. The van der Waals surface area contributed by atoms with Gasteiger partial charge in [0.2, 0.25) is 0 Å². The van der Waals surface area contributed by atoms with Crippen LogP contribution >= 0.6 is 11.3 Å². The molecule has 0 saturated carbocycles. The summed E-state index contributed by atoms with van der Waals surface area (Å²) in [7, 11) is 0. The van der Waals surface area contributed by atoms with E-state index in [1.54, 1.807) is 11.3 Å². The predicted octanol–water partition coefficient (Wildman–Crippen LogP) is 9.25. The van der Waals surface area contributed by atoms with Gasteiger partial charge in [0.05, 0.1) is 0 Å². The Kier molecular flexibility index (Phi) is 6.11. The zero-order valence-corrected chi connectivity index (χ0v) is 20.7. The molecule has 174 valence electrons. The van der Waals surface area contributed by atoms with E-state index in [1.807, 2.05) is 12.1 Å². The number of hydrogen-bond donors (Lipinski definition) is 0. The van der Waals surface area contributed by atoms with Gasteiger partial charge in [-0.3, -0.25) is 0 Å². The summed E-state index contributed by atoms with van der Waals surface area (Å²) in [4.78, 5) is 2.48. The van der Waals surface area contributed by atoms with Crippen LogP contribution in [-0.4, -0.2) is 6.10 Å². The van der Waals surface area contributed by atoms with Crippen LogP contribution in [0.4, 0.5) is 0 Å². The molecule has 2 aliphatic rings. The molecule has 1 aliphatic heterocycles. The van der Waals surface area contributed by atoms with Gasteiger partial charge >= 0.3 is 0 Å². The van der Waals surface area contributed by atoms with Gasteiger partial charge in [-0.05, 0) is 58.2 Å². The van der Waals surface area contributed by atoms with Gasteiger partial charge in [-0.25, -0.2) is 0 Å². The van der Waals surface area contributed by atoms with Crippen molar-refractivity contribution < 1.29 is 4.74 Å². The summed E-state index contributed by atoms with van der Waals surface area (Å²) in [5, 5.41) is 0. The van der Waals surface area contributed by atoms with Gasteiger partial charge in [-0.1, -0.05) is 110 Å². The average molecular weight is 483 g/mol. The van der Waals surface area contributed by atoms with Gasteiger partial charge in [-0.15, -0.1) is 11.3 Å². The number of fused-ring (bicyclic) bond motifs is 3. The van der Waals surface area contributed by atoms with Crippen LogP contribution in [0.15, 0.2) is 146 Å². The van der Waals surface area contributed by atoms with Crippen LogP contribution in [0.5, 0.6) is 5.75 Å². The minimum Gasteiger partial charge on any atom is -0.485 e. The molecule has 2 atom stereocenters. The Morgan fingerprint density at radius 3 is 2.39 bits per heavy atom. The summed E-state index contributed by atoms with van der Waals surface area (Å²) in [6, 6.07) is 31.9. The maximum absolute atomic E-state index is 6.23. The average Bonchev–Trinajstić information content (AvgIpc) is 3.57. The maximum atomic E-state index is 6.23. The Morgan fingerprint density at radius 1 is 0.833 bits per heavy atom. The van der Waals surface area contributed by atoms with Crippen molar-refractivity contribution >= 4 is 16.9 Å². The van der Waals surface area contributed by atoms with Crippen molar-refractivity contribution in [1.29, 1.82) is 0 Å². The molecule has 0 fully saturated rings. The molecule has 0 amide bonds. The number of allylic oxidation sites excluding steroid dienone is 7. The fraction of sp³-hybridized carbons (Fsp3) is 0.0588. The topological polar surface area (TPSA) is 9.23 Å². The number of rotatable bonds is 6. The number of thiophene rings is 1. The molecule has 2 unspecified atom stereocenters. The van der Waals surface area contributed by atoms with Crippen LogP contribution in [0.25, 0.3) is 27.1 Å². The van der Waals surface area contributed by atoms with Crippen LogP contribution in [0, 0.1) is 0 Å². The molecule has 0 spiro atoms. The molecule has 4 aromatic rings. The van der Waals surface area contributed by atoms with E-state index in [-0.39, 0.29) is 12.0 Å². The summed E-state index contributed by atoms with van der Waals surface area (Å²) >= 11 is 1.79. The monoisotopic (exact) mass is 482 g/mol. The molecule has 0 radical (unpaired) electrons. The molecule has 2 heterocycles. The van der Waals surface area contributed by atoms with Crippen molar-refractivity contribution in [2.24, 2.45) is 0 Å². The summed E-state index contributed by atoms with van der Waals surface area (Å²) in [6.45, 7) is 4.05. The van der Waals surface area contributed by atoms with Crippen LogP contribution in [0.1, 0.15) is 16.4 Å². The molecule has 2 heteroatoms. The molecular formula is C34H26OS. The highest BCUT2D eigenvalue weighted by atomic mass is 32.1. The van der Waals surface area contributed by atoms with Gasteiger partial charge in [0, 0.05) is 21.2 Å². The van der Waals surface area contributed by atoms with Crippen LogP contribution in [-0.2, 0) is 0 Å². The second kappa shape index (κ2) is 9.85. The van der Waals surface area contributed by atoms with Crippen LogP contribution < -0.4 is 4.74 Å². The number of ether oxygens (including phenoxy) is 1. The van der Waals surface area contributed by atoms with Crippen molar-refractivity contribution in [3.63, 3.8) is 0 Å². The van der Waals surface area contributed by atoms with Crippen LogP contribution in [0.2, 0.25) is 0 Å². The van der Waals surface area contributed by atoms with Crippen molar-refractivity contribution in [3.05, 3.63) is 156 Å². The highest BCUT2D eigenvalue weighted by molar-refractivity contribution is 7.16. The Morgan fingerprint density at radius 2 is 1.61 bits per heavy atom. The summed E-state index contributed by atoms with van der Waals surface area (Å²) < 4.78 is 6.23. The third-order valence-corrected chi connectivity index (χ3v) is 7.86. The molecule has 1 aliphatic carbocycles. The van der Waals surface area contributed by atoms with E-state index in [4.69, 9.17) is 4.74 Å². The first kappa shape index (κ1) is 22.3. The zero-order chi connectivity index (χ0) is 24.3.